The Morgan fingerprint density at radius 3 is 1.80 bits per heavy atom. The number of hydrogen-bond donors (Lipinski definition) is 0. The van der Waals surface area contributed by atoms with Crippen molar-refractivity contribution in [3.63, 3.8) is 0 Å². The highest BCUT2D eigenvalue weighted by molar-refractivity contribution is 8.49. The maximum absolute atomic E-state index is 2.90. The SMILES string of the molecule is PC12P=P1=P2. The van der Waals surface area contributed by atoms with E-state index in [0.717, 1.165) is 4.38 Å². The molecule has 0 amide bonds. The zero-order valence-corrected chi connectivity index (χ0v) is 6.26. The fourth-order valence-electron chi connectivity index (χ4n) is 0.239. The van der Waals surface area contributed by atoms with E-state index >= 15 is 0 Å². The van der Waals surface area contributed by atoms with Gasteiger partial charge in [-0.05, 0) is 22.2 Å². The van der Waals surface area contributed by atoms with Gasteiger partial charge in [-0.3, -0.25) is 0 Å². The van der Waals surface area contributed by atoms with Crippen LogP contribution in [0.2, 0.25) is 0 Å². The minimum absolute atomic E-state index is 0.622. The summed E-state index contributed by atoms with van der Waals surface area (Å²) in [5.41, 5.74) is 0. The fourth-order valence-corrected chi connectivity index (χ4v) is 11.4. The maximum Gasteiger partial charge on any atom is 0.120 e. The molecule has 1 atom stereocenters. The summed E-state index contributed by atoms with van der Waals surface area (Å²) >= 11 is 0. The molecule has 0 radical (unpaired) electrons. The zero-order chi connectivity index (χ0) is 3.49. The van der Waals surface area contributed by atoms with E-state index in [2.05, 4.69) is 9.24 Å². The highest BCUT2D eigenvalue weighted by Gasteiger charge is 2.47. The van der Waals surface area contributed by atoms with Gasteiger partial charge in [0.25, 0.3) is 0 Å². The Morgan fingerprint density at radius 2 is 1.80 bits per heavy atom. The lowest BCUT2D eigenvalue weighted by atomic mass is 11.8. The molecule has 0 saturated carbocycles. The van der Waals surface area contributed by atoms with E-state index < -0.39 is 0 Å². The van der Waals surface area contributed by atoms with Crippen molar-refractivity contribution in [3.05, 3.63) is 0 Å². The van der Waals surface area contributed by atoms with Gasteiger partial charge in [-0.2, -0.15) is 0 Å². The summed E-state index contributed by atoms with van der Waals surface area (Å²) < 4.78 is 0.843. The Labute approximate surface area is 36.6 Å². The maximum atomic E-state index is 2.90. The lowest BCUT2D eigenvalue weighted by Gasteiger charge is -1.72. The molecule has 2 rings (SSSR count). The van der Waals surface area contributed by atoms with Crippen LogP contribution in [0.15, 0.2) is 0 Å². The fraction of sp³-hybridized carbons (Fsp3) is 1.00. The van der Waals surface area contributed by atoms with Crippen LogP contribution in [0, 0.1) is 0 Å². The van der Waals surface area contributed by atoms with E-state index in [1.165, 1.54) is 0 Å². The first kappa shape index (κ1) is 3.35. The molecular weight excluding hydrogens is 136 g/mol. The Balaban J connectivity index is 2.76. The summed E-state index contributed by atoms with van der Waals surface area (Å²) in [6, 6.07) is 0. The molecule has 2 aliphatic heterocycles. The molecule has 0 aliphatic carbocycles. The third kappa shape index (κ3) is 0.333. The molecule has 0 fully saturated rings. The standard InChI is InChI=1S/CH2P4/c2-1-3-5(1)4-1/h2H2. The summed E-state index contributed by atoms with van der Waals surface area (Å²) in [7, 11) is 6.42. The second-order valence-electron chi connectivity index (χ2n) is 1.18. The van der Waals surface area contributed by atoms with Crippen molar-refractivity contribution in [2.24, 2.45) is 0 Å². The van der Waals surface area contributed by atoms with Crippen molar-refractivity contribution in [2.75, 3.05) is 0 Å². The number of rotatable bonds is 0. The summed E-state index contributed by atoms with van der Waals surface area (Å²) in [5.74, 6) is 0. The molecule has 0 nitrogen and oxygen atoms in total. The van der Waals surface area contributed by atoms with Gasteiger partial charge in [-0.15, -0.1) is 9.24 Å². The van der Waals surface area contributed by atoms with Crippen LogP contribution in [0.5, 0.6) is 0 Å². The average molecular weight is 138 g/mol. The average Bonchev–Trinajstić information content (AvgIpc) is 1.74. The molecule has 0 bridgehead atoms. The van der Waals surface area contributed by atoms with Crippen molar-refractivity contribution in [1.82, 2.24) is 0 Å². The van der Waals surface area contributed by atoms with Crippen LogP contribution in [0.25, 0.3) is 0 Å². The summed E-state index contributed by atoms with van der Waals surface area (Å²) in [5, 5.41) is 0. The highest BCUT2D eigenvalue weighted by Crippen LogP contribution is 2.96. The number of hydrogen-bond acceptors (Lipinski definition) is 0. The molecule has 0 N–H and O–H groups in total. The van der Waals surface area contributed by atoms with Gasteiger partial charge in [0, 0.05) is 0 Å². The van der Waals surface area contributed by atoms with E-state index in [9.17, 15) is 0 Å². The van der Waals surface area contributed by atoms with Crippen LogP contribution in [-0.4, -0.2) is 4.38 Å². The van der Waals surface area contributed by atoms with Gasteiger partial charge in [0.05, 0.1) is 0 Å². The van der Waals surface area contributed by atoms with Crippen molar-refractivity contribution >= 4 is 31.5 Å². The lowest BCUT2D eigenvalue weighted by Crippen LogP contribution is -1.54. The van der Waals surface area contributed by atoms with Gasteiger partial charge in [0.2, 0.25) is 0 Å². The topological polar surface area (TPSA) is 0 Å². The summed E-state index contributed by atoms with van der Waals surface area (Å²) in [4.78, 5) is 0. The predicted octanol–water partition coefficient (Wildman–Crippen LogP) is 2.70. The van der Waals surface area contributed by atoms with Crippen LogP contribution in [0.3, 0.4) is 0 Å². The lowest BCUT2D eigenvalue weighted by molar-refractivity contribution is 2.01. The van der Waals surface area contributed by atoms with E-state index in [0.29, 0.717) is 6.50 Å². The normalized spacial score (nSPS) is 66.2. The molecule has 2 heterocycles. The molecule has 5 heavy (non-hydrogen) atoms. The third-order valence-corrected chi connectivity index (χ3v) is 15.3. The van der Waals surface area contributed by atoms with E-state index in [1.807, 2.05) is 0 Å². The van der Waals surface area contributed by atoms with E-state index in [1.54, 1.807) is 15.7 Å². The zero-order valence-electron chi connectivity index (χ0n) is 2.42. The Morgan fingerprint density at radius 1 is 1.60 bits per heavy atom. The molecule has 0 aromatic heterocycles. The molecule has 4 heteroatoms. The van der Waals surface area contributed by atoms with Gasteiger partial charge >= 0.3 is 0 Å². The smallest absolute Gasteiger partial charge is 0.103 e. The monoisotopic (exact) mass is 138 g/mol. The third-order valence-electron chi connectivity index (χ3n) is 0.699. The first-order chi connectivity index (χ1) is 2.31. The Kier molecular flexibility index (Phi) is 0.440. The van der Waals surface area contributed by atoms with Crippen molar-refractivity contribution in [2.45, 2.75) is 4.38 Å². The van der Waals surface area contributed by atoms with Crippen LogP contribution in [0.1, 0.15) is 0 Å². The van der Waals surface area contributed by atoms with Crippen LogP contribution in [0.4, 0.5) is 0 Å². The van der Waals surface area contributed by atoms with Gasteiger partial charge in [-0.1, -0.05) is 0 Å². The van der Waals surface area contributed by atoms with Gasteiger partial charge in [0.1, 0.15) is 4.38 Å². The molecule has 0 aromatic carbocycles. The van der Waals surface area contributed by atoms with Crippen molar-refractivity contribution in [1.29, 1.82) is 0 Å². The Bertz CT molecular complexity index is 146. The molecule has 26 valence electrons. The minimum atomic E-state index is 0.622. The van der Waals surface area contributed by atoms with Crippen molar-refractivity contribution < 1.29 is 0 Å². The van der Waals surface area contributed by atoms with E-state index in [4.69, 9.17) is 0 Å². The minimum Gasteiger partial charge on any atom is -0.103 e. The van der Waals surface area contributed by atoms with Crippen LogP contribution < -0.4 is 0 Å². The van der Waals surface area contributed by atoms with Crippen LogP contribution >= 0.6 is 31.5 Å². The molecule has 2 aliphatic rings. The highest BCUT2D eigenvalue weighted by atomic mass is 32.1. The summed E-state index contributed by atoms with van der Waals surface area (Å²) in [6.45, 7) is 0.622. The first-order valence-corrected chi connectivity index (χ1v) is 6.48. The Hall–Kier alpha value is 1.33. The van der Waals surface area contributed by atoms with Gasteiger partial charge in [0.15, 0.2) is 0 Å². The van der Waals surface area contributed by atoms with E-state index in [-0.39, 0.29) is 0 Å². The molecular formula is CH2P4. The quantitative estimate of drug-likeness (QED) is 0.451. The summed E-state index contributed by atoms with van der Waals surface area (Å²) in [6.07, 6.45) is 0. The van der Waals surface area contributed by atoms with Gasteiger partial charge < -0.3 is 0 Å². The van der Waals surface area contributed by atoms with Crippen LogP contribution in [-0.2, 0) is 0 Å². The predicted molar refractivity (Wildman–Crippen MR) is 33.2 cm³/mol. The molecule has 0 spiro atoms. The second kappa shape index (κ2) is 0.657. The second-order valence-corrected chi connectivity index (χ2v) is 12.2. The van der Waals surface area contributed by atoms with Gasteiger partial charge in [-0.25, -0.2) is 0 Å². The number of fused-ring (bicyclic) bond motifs is 1. The molecule has 0 saturated heterocycles. The largest absolute Gasteiger partial charge is 0.120 e. The first-order valence-electron chi connectivity index (χ1n) is 1.36. The molecule has 0 aromatic rings. The van der Waals surface area contributed by atoms with Crippen molar-refractivity contribution in [3.8, 4) is 0 Å². The molecule has 1 unspecified atom stereocenters.